The van der Waals surface area contributed by atoms with Crippen LogP contribution in [0, 0.1) is 6.92 Å². The molecule has 1 rings (SSSR count). The minimum Gasteiger partial charge on any atom is -0.281 e. The van der Waals surface area contributed by atoms with Crippen LogP contribution in [-0.4, -0.2) is 20.4 Å². The zero-order valence-electron chi connectivity index (χ0n) is 8.73. The number of rotatable bonds is 1. The molecule has 0 heterocycles. The third-order valence-electron chi connectivity index (χ3n) is 1.31. The van der Waals surface area contributed by atoms with Gasteiger partial charge in [0.25, 0.3) is 20.4 Å². The quantitative estimate of drug-likeness (QED) is 0.737. The predicted octanol–water partition coefficient (Wildman–Crippen LogP) is 1.44. The summed E-state index contributed by atoms with van der Waals surface area (Å²) in [5.74, 6) is 0. The molecule has 0 aliphatic carbocycles. The Kier molecular flexibility index (Phi) is 35.3. The van der Waals surface area contributed by atoms with Crippen molar-refractivity contribution in [1.29, 1.82) is 0 Å². The average molecular weight is 298 g/mol. The van der Waals surface area contributed by atoms with E-state index in [1.807, 2.05) is 6.08 Å². The summed E-state index contributed by atoms with van der Waals surface area (Å²) < 4.78 is 0. The second kappa shape index (κ2) is 23.5. The Morgan fingerprint density at radius 1 is 0.938 bits per heavy atom. The average Bonchev–Trinajstić information content (AvgIpc) is 2.38. The Bertz CT molecular complexity index is 242. The molecule has 3 nitrogen and oxygen atoms in total. The number of benzene rings is 1. The molecule has 0 unspecified atom stereocenters. The van der Waals surface area contributed by atoms with Crippen molar-refractivity contribution in [2.75, 3.05) is 0 Å². The van der Waals surface area contributed by atoms with E-state index in [9.17, 15) is 0 Å². The Hall–Kier alpha value is -1.34. The van der Waals surface area contributed by atoms with Crippen molar-refractivity contribution in [2.45, 2.75) is 6.92 Å². The van der Waals surface area contributed by atoms with Crippen molar-refractivity contribution in [3.05, 3.63) is 42.0 Å². The fourth-order valence-corrected chi connectivity index (χ4v) is 0.703. The number of hydrogen-bond donors (Lipinski definition) is 0. The molecular formula is C12H10MoO3. The van der Waals surface area contributed by atoms with E-state index < -0.39 is 0 Å². The monoisotopic (exact) mass is 300 g/mol. The third kappa shape index (κ3) is 15.1. The maximum atomic E-state index is 7.50. The van der Waals surface area contributed by atoms with E-state index >= 15 is 0 Å². The molecule has 0 saturated heterocycles. The summed E-state index contributed by atoms with van der Waals surface area (Å²) in [5, 5.41) is 0. The van der Waals surface area contributed by atoms with Crippen LogP contribution in [0.15, 0.2) is 30.8 Å². The van der Waals surface area contributed by atoms with E-state index in [0.717, 1.165) is 0 Å². The molecule has 4 heteroatoms. The topological polar surface area (TPSA) is 51.2 Å². The van der Waals surface area contributed by atoms with E-state index in [2.05, 4.69) is 58.1 Å². The number of aryl methyl sites for hydroxylation is 1. The van der Waals surface area contributed by atoms with Gasteiger partial charge in [-0.1, -0.05) is 42.5 Å². The molecule has 0 bridgehead atoms. The standard InChI is InChI=1S/C9H10.3CO.Mo/c1-3-9-6-4-8(2)5-7-9;3*1-2;/h3-7H,1H2,2H3;;;;. The van der Waals surface area contributed by atoms with E-state index in [4.69, 9.17) is 14.4 Å². The van der Waals surface area contributed by atoms with Gasteiger partial charge in [0.1, 0.15) is 0 Å². The zero-order chi connectivity index (χ0) is 12.7. The van der Waals surface area contributed by atoms with E-state index in [1.54, 1.807) is 0 Å². The molecule has 0 atom stereocenters. The van der Waals surface area contributed by atoms with Crippen molar-refractivity contribution >= 4 is 26.4 Å². The van der Waals surface area contributed by atoms with Gasteiger partial charge in [-0.25, -0.2) is 0 Å². The first kappa shape index (κ1) is 24.1. The summed E-state index contributed by atoms with van der Waals surface area (Å²) >= 11 is 0. The van der Waals surface area contributed by atoms with Crippen LogP contribution >= 0.6 is 0 Å². The molecule has 0 fully saturated rings. The van der Waals surface area contributed by atoms with Gasteiger partial charge in [0.15, 0.2) is 0 Å². The number of hydrogen-bond acceptors (Lipinski definition) is 3. The molecular weight excluding hydrogens is 288 g/mol. The van der Waals surface area contributed by atoms with Crippen LogP contribution in [0.3, 0.4) is 0 Å². The molecule has 0 saturated carbocycles. The van der Waals surface area contributed by atoms with Crippen molar-refractivity contribution in [3.8, 4) is 0 Å². The molecule has 0 N–H and O–H groups in total. The van der Waals surface area contributed by atoms with Crippen molar-refractivity contribution in [1.82, 2.24) is 0 Å². The van der Waals surface area contributed by atoms with Gasteiger partial charge >= 0.3 is 0 Å². The van der Waals surface area contributed by atoms with Crippen LogP contribution in [0.1, 0.15) is 11.1 Å². The van der Waals surface area contributed by atoms with Crippen LogP contribution in [0.2, 0.25) is 0 Å². The Balaban J connectivity index is -0.0000000900. The molecule has 0 spiro atoms. The first-order valence-corrected chi connectivity index (χ1v) is 3.63. The predicted molar refractivity (Wildman–Crippen MR) is 58.4 cm³/mol. The van der Waals surface area contributed by atoms with Gasteiger partial charge in [0.05, 0.1) is 0 Å². The van der Waals surface area contributed by atoms with Crippen molar-refractivity contribution < 1.29 is 35.4 Å². The molecule has 0 amide bonds. The van der Waals surface area contributed by atoms with Gasteiger partial charge in [-0.15, -0.1) is 0 Å². The van der Waals surface area contributed by atoms with Gasteiger partial charge in [-0.2, -0.15) is 0 Å². The van der Waals surface area contributed by atoms with Gasteiger partial charge in [0.2, 0.25) is 0 Å². The smallest absolute Gasteiger partial charge is 0.281 e. The van der Waals surface area contributed by atoms with Gasteiger partial charge in [0, 0.05) is 21.1 Å². The Labute approximate surface area is 111 Å². The molecule has 0 aliphatic rings. The van der Waals surface area contributed by atoms with Gasteiger partial charge in [-0.3, -0.25) is 14.4 Å². The van der Waals surface area contributed by atoms with E-state index in [-0.39, 0.29) is 21.1 Å². The Morgan fingerprint density at radius 3 is 1.50 bits per heavy atom. The normalized spacial score (nSPS) is 5.81. The van der Waals surface area contributed by atoms with Crippen LogP contribution in [0.5, 0.6) is 0 Å². The van der Waals surface area contributed by atoms with Crippen molar-refractivity contribution in [3.63, 3.8) is 0 Å². The second-order valence-electron chi connectivity index (χ2n) is 2.11. The van der Waals surface area contributed by atoms with E-state index in [0.29, 0.717) is 0 Å². The fraction of sp³-hybridized carbons (Fsp3) is 0.0833. The Morgan fingerprint density at radius 2 is 1.25 bits per heavy atom. The molecule has 0 aromatic heterocycles. The van der Waals surface area contributed by atoms with Crippen LogP contribution < -0.4 is 0 Å². The van der Waals surface area contributed by atoms with Gasteiger partial charge in [-0.05, 0) is 12.5 Å². The van der Waals surface area contributed by atoms with Crippen LogP contribution in [0.25, 0.3) is 6.08 Å². The van der Waals surface area contributed by atoms with Crippen LogP contribution in [-0.2, 0) is 35.4 Å². The van der Waals surface area contributed by atoms with E-state index in [1.165, 1.54) is 11.1 Å². The zero-order valence-corrected chi connectivity index (χ0v) is 10.7. The summed E-state index contributed by atoms with van der Waals surface area (Å²) in [5.41, 5.74) is 2.47. The number of carbonyl (C=O) groups excluding carboxylic acids is 3. The minimum absolute atomic E-state index is 0. The molecule has 0 aliphatic heterocycles. The van der Waals surface area contributed by atoms with Crippen molar-refractivity contribution in [2.24, 2.45) is 0 Å². The minimum atomic E-state index is 0. The fourth-order valence-electron chi connectivity index (χ4n) is 0.703. The molecule has 16 heavy (non-hydrogen) atoms. The second-order valence-corrected chi connectivity index (χ2v) is 2.11. The first-order chi connectivity index (χ1) is 7.33. The third-order valence-corrected chi connectivity index (χ3v) is 1.31. The van der Waals surface area contributed by atoms with Crippen LogP contribution in [0.4, 0.5) is 0 Å². The maximum absolute atomic E-state index is 7.50. The SMILES string of the molecule is C=Cc1ccc(C)cc1.[C]=O.[C]=O.[C]=O.[Mo]. The summed E-state index contributed by atoms with van der Waals surface area (Å²) in [6.07, 6.45) is 1.85. The molecule has 1 aromatic rings. The molecule has 82 valence electrons. The summed E-state index contributed by atoms with van der Waals surface area (Å²) in [6, 6.07) is 8.28. The van der Waals surface area contributed by atoms with Gasteiger partial charge < -0.3 is 0 Å². The summed E-state index contributed by atoms with van der Waals surface area (Å²) in [6.45, 7) is 19.2. The first-order valence-electron chi connectivity index (χ1n) is 3.63. The molecule has 1 aromatic carbocycles. The summed E-state index contributed by atoms with van der Waals surface area (Å²) in [7, 11) is 0. The molecule has 6 radical (unpaired) electrons. The summed E-state index contributed by atoms with van der Waals surface area (Å²) in [4.78, 5) is 22.5. The maximum Gasteiger partial charge on any atom is 0.281 e. The largest absolute Gasteiger partial charge is 0.281 e.